The smallest absolute Gasteiger partial charge is 0.223 e. The molecule has 0 saturated carbocycles. The van der Waals surface area contributed by atoms with E-state index in [2.05, 4.69) is 55.2 Å². The van der Waals surface area contributed by atoms with Crippen LogP contribution >= 0.6 is 0 Å². The fraction of sp³-hybridized carbons (Fsp3) is 0.522. The monoisotopic (exact) mass is 395 g/mol. The van der Waals surface area contributed by atoms with Gasteiger partial charge in [0.1, 0.15) is 11.6 Å². The number of likely N-dealkylation sites (tertiary alicyclic amines) is 1. The van der Waals surface area contributed by atoms with Crippen molar-refractivity contribution in [2.75, 3.05) is 32.5 Å². The molecule has 6 nitrogen and oxygen atoms in total. The lowest BCUT2D eigenvalue weighted by Gasteiger charge is -2.26. The number of hydrogen-bond acceptors (Lipinski definition) is 5. The zero-order valence-corrected chi connectivity index (χ0v) is 18.3. The van der Waals surface area contributed by atoms with E-state index in [1.54, 1.807) is 0 Å². The molecule has 0 bridgehead atoms. The molecule has 1 atom stereocenters. The highest BCUT2D eigenvalue weighted by Gasteiger charge is 2.32. The summed E-state index contributed by atoms with van der Waals surface area (Å²) in [5.41, 5.74) is 2.32. The zero-order valence-electron chi connectivity index (χ0n) is 18.3. The Kier molecular flexibility index (Phi) is 6.52. The topological polar surface area (TPSA) is 61.4 Å². The van der Waals surface area contributed by atoms with Crippen LogP contribution in [0.3, 0.4) is 0 Å². The molecule has 3 rings (SSSR count). The van der Waals surface area contributed by atoms with Crippen LogP contribution in [0.5, 0.6) is 0 Å². The van der Waals surface area contributed by atoms with Gasteiger partial charge in [-0.15, -0.1) is 0 Å². The van der Waals surface area contributed by atoms with Crippen molar-refractivity contribution in [3.8, 4) is 0 Å². The van der Waals surface area contributed by atoms with Crippen molar-refractivity contribution in [2.45, 2.75) is 46.2 Å². The first-order chi connectivity index (χ1) is 13.7. The van der Waals surface area contributed by atoms with Crippen LogP contribution in [0, 0.1) is 5.41 Å². The number of anilines is 1. The first-order valence-electron chi connectivity index (χ1n) is 10.3. The Labute approximate surface area is 174 Å². The van der Waals surface area contributed by atoms with Crippen LogP contribution in [-0.2, 0) is 17.9 Å². The molecule has 1 fully saturated rings. The number of nitrogens with zero attached hydrogens (tertiary/aromatic N) is 4. The third kappa shape index (κ3) is 6.00. The van der Waals surface area contributed by atoms with Gasteiger partial charge in [-0.3, -0.25) is 9.69 Å². The Morgan fingerprint density at radius 2 is 1.93 bits per heavy atom. The summed E-state index contributed by atoms with van der Waals surface area (Å²) in [6.07, 6.45) is 0.504. The average Bonchev–Trinajstić information content (AvgIpc) is 3.01. The predicted octanol–water partition coefficient (Wildman–Crippen LogP) is 3.51. The molecular formula is C23H33N5O. The van der Waals surface area contributed by atoms with Crippen LogP contribution in [0.4, 0.5) is 5.82 Å². The number of hydrogen-bond donors (Lipinski definition) is 1. The SMILES string of the molecule is CNc1cc(C2CC(=O)N(Cc3ccccc3)C2)nc(CN(C)CC(C)(C)C)n1. The van der Waals surface area contributed by atoms with Gasteiger partial charge in [-0.05, 0) is 18.0 Å². The molecule has 0 spiro atoms. The van der Waals surface area contributed by atoms with E-state index >= 15 is 0 Å². The lowest BCUT2D eigenvalue weighted by atomic mass is 9.96. The van der Waals surface area contributed by atoms with Crippen LogP contribution in [0.15, 0.2) is 36.4 Å². The van der Waals surface area contributed by atoms with Crippen LogP contribution in [0.1, 0.15) is 50.2 Å². The number of carbonyl (C=O) groups is 1. The van der Waals surface area contributed by atoms with Crippen molar-refractivity contribution in [1.82, 2.24) is 19.8 Å². The first-order valence-corrected chi connectivity index (χ1v) is 10.3. The molecule has 0 aliphatic carbocycles. The van der Waals surface area contributed by atoms with Crippen molar-refractivity contribution in [1.29, 1.82) is 0 Å². The number of carbonyl (C=O) groups excluding carboxylic acids is 1. The van der Waals surface area contributed by atoms with Crippen LogP contribution in [-0.4, -0.2) is 52.9 Å². The first kappa shape index (κ1) is 21.2. The second kappa shape index (κ2) is 8.91. The summed E-state index contributed by atoms with van der Waals surface area (Å²) in [5, 5.41) is 3.15. The quantitative estimate of drug-likeness (QED) is 0.777. The second-order valence-corrected chi connectivity index (χ2v) is 9.24. The predicted molar refractivity (Wildman–Crippen MR) is 117 cm³/mol. The van der Waals surface area contributed by atoms with E-state index in [0.29, 0.717) is 26.1 Å². The Morgan fingerprint density at radius 1 is 1.21 bits per heavy atom. The van der Waals surface area contributed by atoms with Gasteiger partial charge in [-0.25, -0.2) is 9.97 Å². The summed E-state index contributed by atoms with van der Waals surface area (Å²) < 4.78 is 0. The van der Waals surface area contributed by atoms with Crippen molar-refractivity contribution in [3.63, 3.8) is 0 Å². The summed E-state index contributed by atoms with van der Waals surface area (Å²) in [6.45, 7) is 9.69. The Balaban J connectivity index is 1.73. The molecule has 1 N–H and O–H groups in total. The van der Waals surface area contributed by atoms with Gasteiger partial charge in [-0.1, -0.05) is 51.1 Å². The average molecular weight is 396 g/mol. The van der Waals surface area contributed by atoms with Crippen molar-refractivity contribution in [3.05, 3.63) is 53.5 Å². The van der Waals surface area contributed by atoms with Gasteiger partial charge in [0.05, 0.1) is 12.2 Å². The van der Waals surface area contributed by atoms with Crippen molar-refractivity contribution < 1.29 is 4.79 Å². The van der Waals surface area contributed by atoms with Gasteiger partial charge < -0.3 is 10.2 Å². The van der Waals surface area contributed by atoms with E-state index in [1.165, 1.54) is 0 Å². The van der Waals surface area contributed by atoms with E-state index in [4.69, 9.17) is 4.98 Å². The molecule has 1 aromatic heterocycles. The molecule has 1 unspecified atom stereocenters. The molecule has 29 heavy (non-hydrogen) atoms. The summed E-state index contributed by atoms with van der Waals surface area (Å²) in [4.78, 5) is 26.3. The molecule has 2 aromatic rings. The van der Waals surface area contributed by atoms with E-state index < -0.39 is 0 Å². The largest absolute Gasteiger partial charge is 0.373 e. The third-order valence-corrected chi connectivity index (χ3v) is 5.05. The lowest BCUT2D eigenvalue weighted by Crippen LogP contribution is -2.29. The Hall–Kier alpha value is -2.47. The minimum atomic E-state index is 0.105. The van der Waals surface area contributed by atoms with Gasteiger partial charge in [0.15, 0.2) is 0 Å². The number of amides is 1. The van der Waals surface area contributed by atoms with E-state index in [0.717, 1.165) is 29.4 Å². The fourth-order valence-electron chi connectivity index (χ4n) is 3.96. The summed E-state index contributed by atoms with van der Waals surface area (Å²) in [6, 6.07) is 12.1. The molecule has 2 heterocycles. The molecule has 1 saturated heterocycles. The summed E-state index contributed by atoms with van der Waals surface area (Å²) in [7, 11) is 3.97. The number of nitrogens with one attached hydrogen (secondary N) is 1. The molecule has 156 valence electrons. The second-order valence-electron chi connectivity index (χ2n) is 9.24. The highest BCUT2D eigenvalue weighted by molar-refractivity contribution is 5.79. The maximum absolute atomic E-state index is 12.6. The maximum Gasteiger partial charge on any atom is 0.223 e. The zero-order chi connectivity index (χ0) is 21.0. The molecular weight excluding hydrogens is 362 g/mol. The van der Waals surface area contributed by atoms with Gasteiger partial charge >= 0.3 is 0 Å². The normalized spacial score (nSPS) is 17.2. The highest BCUT2D eigenvalue weighted by atomic mass is 16.2. The van der Waals surface area contributed by atoms with E-state index in [1.807, 2.05) is 36.2 Å². The van der Waals surface area contributed by atoms with Crippen molar-refractivity contribution in [2.24, 2.45) is 5.41 Å². The molecule has 1 aliphatic rings. The molecule has 1 amide bonds. The number of rotatable bonds is 7. The lowest BCUT2D eigenvalue weighted by molar-refractivity contribution is -0.128. The van der Waals surface area contributed by atoms with Gasteiger partial charge in [0, 0.05) is 45.1 Å². The van der Waals surface area contributed by atoms with E-state index in [-0.39, 0.29) is 17.2 Å². The summed E-state index contributed by atoms with van der Waals surface area (Å²) >= 11 is 0. The minimum absolute atomic E-state index is 0.105. The van der Waals surface area contributed by atoms with Gasteiger partial charge in [0.25, 0.3) is 0 Å². The third-order valence-electron chi connectivity index (χ3n) is 5.05. The van der Waals surface area contributed by atoms with Crippen LogP contribution in [0.25, 0.3) is 0 Å². The van der Waals surface area contributed by atoms with Crippen LogP contribution in [0.2, 0.25) is 0 Å². The fourth-order valence-corrected chi connectivity index (χ4v) is 3.96. The Morgan fingerprint density at radius 3 is 2.59 bits per heavy atom. The molecule has 6 heteroatoms. The maximum atomic E-state index is 12.6. The molecule has 1 aliphatic heterocycles. The standard InChI is InChI=1S/C23H33N5O/c1-23(2,3)16-27(5)15-21-25-19(12-20(24-4)26-21)18-11-22(29)28(14-18)13-17-9-7-6-8-10-17/h6-10,12,18H,11,13-16H2,1-5H3,(H,24,25,26). The number of benzene rings is 1. The minimum Gasteiger partial charge on any atom is -0.373 e. The van der Waals surface area contributed by atoms with Gasteiger partial charge in [0.2, 0.25) is 5.91 Å². The van der Waals surface area contributed by atoms with Gasteiger partial charge in [-0.2, -0.15) is 0 Å². The highest BCUT2D eigenvalue weighted by Crippen LogP contribution is 2.29. The summed E-state index contributed by atoms with van der Waals surface area (Å²) in [5.74, 6) is 1.90. The molecule has 1 aromatic carbocycles. The molecule has 0 radical (unpaired) electrons. The number of aromatic nitrogens is 2. The van der Waals surface area contributed by atoms with Crippen molar-refractivity contribution >= 4 is 11.7 Å². The van der Waals surface area contributed by atoms with Crippen LogP contribution < -0.4 is 5.32 Å². The van der Waals surface area contributed by atoms with E-state index in [9.17, 15) is 4.79 Å². The Bertz CT molecular complexity index is 831.